The molecule has 1 amide bonds. The number of carbonyl (C=O) groups is 1. The second kappa shape index (κ2) is 8.70. The molecule has 2 fully saturated rings. The summed E-state index contributed by atoms with van der Waals surface area (Å²) in [6.07, 6.45) is 5.12. The fourth-order valence-corrected chi connectivity index (χ4v) is 4.93. The van der Waals surface area contributed by atoms with Crippen molar-refractivity contribution in [1.82, 2.24) is 10.2 Å². The second-order valence-corrected chi connectivity index (χ2v) is 9.29. The Kier molecular flexibility index (Phi) is 6.66. The summed E-state index contributed by atoms with van der Waals surface area (Å²) in [5.74, 6) is 1.68. The number of ether oxygens (including phenoxy) is 2. The molecule has 3 N–H and O–H groups in total. The molecule has 1 unspecified atom stereocenters. The molecule has 1 atom stereocenters. The van der Waals surface area contributed by atoms with E-state index in [-0.39, 0.29) is 35.3 Å². The summed E-state index contributed by atoms with van der Waals surface area (Å²) in [5, 5.41) is 3.39. The number of halogens is 1. The van der Waals surface area contributed by atoms with Crippen molar-refractivity contribution >= 4 is 18.3 Å². The lowest BCUT2D eigenvalue weighted by Crippen LogP contribution is -2.55. The third-order valence-electron chi connectivity index (χ3n) is 6.69. The average molecular weight is 424 g/mol. The highest BCUT2D eigenvalue weighted by Gasteiger charge is 2.39. The van der Waals surface area contributed by atoms with Gasteiger partial charge in [0, 0.05) is 19.1 Å². The Bertz CT molecular complexity index is 734. The molecular weight excluding hydrogens is 390 g/mol. The van der Waals surface area contributed by atoms with E-state index in [1.54, 1.807) is 0 Å². The number of nitrogens with zero attached hydrogens (tertiary/aromatic N) is 1. The van der Waals surface area contributed by atoms with Crippen LogP contribution in [0.3, 0.4) is 0 Å². The van der Waals surface area contributed by atoms with Gasteiger partial charge in [0.05, 0.1) is 12.1 Å². The number of amides is 1. The maximum atomic E-state index is 13.0. The van der Waals surface area contributed by atoms with E-state index in [4.69, 9.17) is 15.2 Å². The first-order valence-corrected chi connectivity index (χ1v) is 10.6. The summed E-state index contributed by atoms with van der Waals surface area (Å²) < 4.78 is 11.4. The number of piperidine rings is 1. The molecule has 1 saturated heterocycles. The lowest BCUT2D eigenvalue weighted by atomic mass is 9.79. The minimum atomic E-state index is -0.297. The van der Waals surface area contributed by atoms with Crippen LogP contribution in [0.5, 0.6) is 11.5 Å². The van der Waals surface area contributed by atoms with E-state index in [0.29, 0.717) is 19.8 Å². The molecule has 2 heterocycles. The summed E-state index contributed by atoms with van der Waals surface area (Å²) in [5.41, 5.74) is 7.11. The predicted molar refractivity (Wildman–Crippen MR) is 116 cm³/mol. The fourth-order valence-electron chi connectivity index (χ4n) is 4.93. The highest BCUT2D eigenvalue weighted by Crippen LogP contribution is 2.42. The lowest BCUT2D eigenvalue weighted by Gasteiger charge is -2.42. The quantitative estimate of drug-likeness (QED) is 0.778. The summed E-state index contributed by atoms with van der Waals surface area (Å²) >= 11 is 0. The number of likely N-dealkylation sites (tertiary alicyclic amines) is 1. The first-order chi connectivity index (χ1) is 13.4. The number of benzene rings is 1. The van der Waals surface area contributed by atoms with Gasteiger partial charge in [-0.3, -0.25) is 9.69 Å². The van der Waals surface area contributed by atoms with Crippen molar-refractivity contribution < 1.29 is 14.3 Å². The van der Waals surface area contributed by atoms with Gasteiger partial charge < -0.3 is 20.5 Å². The summed E-state index contributed by atoms with van der Waals surface area (Å²) in [6, 6.07) is 6.32. The number of carbonyl (C=O) groups excluding carboxylic acids is 1. The number of rotatable bonds is 4. The Hall–Kier alpha value is -1.50. The molecule has 7 heteroatoms. The standard InChI is InChI=1S/C22H33N3O3.ClH/c1-21(2)15-25(10-7-19(21)23)14-20(26)24-22(8-3-4-9-22)16-5-6-17-18(13-16)28-12-11-27-17;/h5-6,13,19H,3-4,7-12,14-15,23H2,1-2H3,(H,24,26);1H. The van der Waals surface area contributed by atoms with Crippen LogP contribution in [-0.4, -0.2) is 49.7 Å². The van der Waals surface area contributed by atoms with Crippen LogP contribution in [0.2, 0.25) is 0 Å². The van der Waals surface area contributed by atoms with E-state index < -0.39 is 0 Å². The molecule has 29 heavy (non-hydrogen) atoms. The van der Waals surface area contributed by atoms with Crippen molar-refractivity contribution in [2.45, 2.75) is 57.5 Å². The fraction of sp³-hybridized carbons (Fsp3) is 0.682. The SMILES string of the molecule is CC1(C)CN(CC(=O)NC2(c3ccc4c(c3)OCCO4)CCCC2)CCC1N.Cl. The smallest absolute Gasteiger partial charge is 0.234 e. The van der Waals surface area contributed by atoms with Gasteiger partial charge in [-0.05, 0) is 42.4 Å². The number of fused-ring (bicyclic) bond motifs is 1. The molecule has 1 aliphatic carbocycles. The molecular formula is C22H34ClN3O3. The van der Waals surface area contributed by atoms with Gasteiger partial charge in [-0.1, -0.05) is 32.8 Å². The zero-order valence-corrected chi connectivity index (χ0v) is 18.4. The van der Waals surface area contributed by atoms with Crippen molar-refractivity contribution in [3.05, 3.63) is 23.8 Å². The van der Waals surface area contributed by atoms with E-state index in [0.717, 1.165) is 62.3 Å². The third kappa shape index (κ3) is 4.65. The Labute approximate surface area is 179 Å². The molecule has 1 aromatic carbocycles. The van der Waals surface area contributed by atoms with Crippen LogP contribution in [0.15, 0.2) is 18.2 Å². The molecule has 6 nitrogen and oxygen atoms in total. The van der Waals surface area contributed by atoms with E-state index in [2.05, 4.69) is 36.2 Å². The average Bonchev–Trinajstić information content (AvgIpc) is 3.13. The number of hydrogen-bond acceptors (Lipinski definition) is 5. The van der Waals surface area contributed by atoms with Gasteiger partial charge in [-0.15, -0.1) is 12.4 Å². The minimum Gasteiger partial charge on any atom is -0.486 e. The Morgan fingerprint density at radius 3 is 2.59 bits per heavy atom. The molecule has 0 spiro atoms. The monoisotopic (exact) mass is 423 g/mol. The van der Waals surface area contributed by atoms with Gasteiger partial charge in [-0.2, -0.15) is 0 Å². The zero-order chi connectivity index (χ0) is 19.8. The first-order valence-electron chi connectivity index (χ1n) is 10.6. The number of nitrogens with one attached hydrogen (secondary N) is 1. The van der Waals surface area contributed by atoms with E-state index in [9.17, 15) is 4.79 Å². The molecule has 4 rings (SSSR count). The van der Waals surface area contributed by atoms with Crippen LogP contribution in [0.25, 0.3) is 0 Å². The van der Waals surface area contributed by atoms with Crippen LogP contribution >= 0.6 is 12.4 Å². The first kappa shape index (κ1) is 22.2. The van der Waals surface area contributed by atoms with Gasteiger partial charge in [0.2, 0.25) is 5.91 Å². The molecule has 3 aliphatic rings. The van der Waals surface area contributed by atoms with E-state index >= 15 is 0 Å². The molecule has 0 radical (unpaired) electrons. The number of hydrogen-bond donors (Lipinski definition) is 2. The molecule has 1 saturated carbocycles. The van der Waals surface area contributed by atoms with Crippen LogP contribution in [0.1, 0.15) is 51.5 Å². The van der Waals surface area contributed by atoms with Crippen molar-refractivity contribution in [2.75, 3.05) is 32.8 Å². The zero-order valence-electron chi connectivity index (χ0n) is 17.5. The van der Waals surface area contributed by atoms with E-state index in [1.807, 2.05) is 6.07 Å². The second-order valence-electron chi connectivity index (χ2n) is 9.29. The van der Waals surface area contributed by atoms with Gasteiger partial charge >= 0.3 is 0 Å². The minimum absolute atomic E-state index is 0. The molecule has 1 aromatic rings. The van der Waals surface area contributed by atoms with Gasteiger partial charge in [0.1, 0.15) is 13.2 Å². The maximum absolute atomic E-state index is 13.0. The van der Waals surface area contributed by atoms with Gasteiger partial charge in [0.25, 0.3) is 0 Å². The topological polar surface area (TPSA) is 76.8 Å². The molecule has 2 aliphatic heterocycles. The predicted octanol–water partition coefficient (Wildman–Crippen LogP) is 2.82. The van der Waals surface area contributed by atoms with Gasteiger partial charge in [-0.25, -0.2) is 0 Å². The van der Waals surface area contributed by atoms with Crippen molar-refractivity contribution in [3.8, 4) is 11.5 Å². The largest absolute Gasteiger partial charge is 0.486 e. The van der Waals surface area contributed by atoms with Crippen molar-refractivity contribution in [3.63, 3.8) is 0 Å². The van der Waals surface area contributed by atoms with E-state index in [1.165, 1.54) is 0 Å². The third-order valence-corrected chi connectivity index (χ3v) is 6.69. The highest BCUT2D eigenvalue weighted by molar-refractivity contribution is 5.85. The Morgan fingerprint density at radius 2 is 1.90 bits per heavy atom. The molecule has 0 aromatic heterocycles. The summed E-state index contributed by atoms with van der Waals surface area (Å²) in [7, 11) is 0. The molecule has 0 bridgehead atoms. The van der Waals surface area contributed by atoms with Crippen LogP contribution < -0.4 is 20.5 Å². The maximum Gasteiger partial charge on any atom is 0.234 e. The summed E-state index contributed by atoms with van der Waals surface area (Å²) in [6.45, 7) is 7.72. The highest BCUT2D eigenvalue weighted by atomic mass is 35.5. The summed E-state index contributed by atoms with van der Waals surface area (Å²) in [4.78, 5) is 15.2. The Morgan fingerprint density at radius 1 is 1.21 bits per heavy atom. The van der Waals surface area contributed by atoms with Gasteiger partial charge in [0.15, 0.2) is 11.5 Å². The number of nitrogens with two attached hydrogens (primary N) is 1. The lowest BCUT2D eigenvalue weighted by molar-refractivity contribution is -0.125. The van der Waals surface area contributed by atoms with Crippen LogP contribution in [-0.2, 0) is 10.3 Å². The van der Waals surface area contributed by atoms with Crippen molar-refractivity contribution in [2.24, 2.45) is 11.1 Å². The van der Waals surface area contributed by atoms with Crippen molar-refractivity contribution in [1.29, 1.82) is 0 Å². The Balaban J connectivity index is 0.00000240. The van der Waals surface area contributed by atoms with Crippen LogP contribution in [0.4, 0.5) is 0 Å². The van der Waals surface area contributed by atoms with Crippen LogP contribution in [0, 0.1) is 5.41 Å². The molecule has 162 valence electrons. The normalized spacial score (nSPS) is 25.1.